The van der Waals surface area contributed by atoms with Crippen molar-refractivity contribution in [3.05, 3.63) is 12.2 Å². The first kappa shape index (κ1) is 9.75. The summed E-state index contributed by atoms with van der Waals surface area (Å²) in [5.74, 6) is 2.92. The van der Waals surface area contributed by atoms with Crippen molar-refractivity contribution in [1.29, 1.82) is 0 Å². The quantitative estimate of drug-likeness (QED) is 0.683. The number of rotatable bonds is 4. The van der Waals surface area contributed by atoms with Crippen molar-refractivity contribution in [2.24, 2.45) is 29.4 Å². The number of primary amides is 1. The highest BCUT2D eigenvalue weighted by atomic mass is 16.1. The minimum atomic E-state index is -0.147. The van der Waals surface area contributed by atoms with E-state index < -0.39 is 0 Å². The Bertz CT molecular complexity index is 259. The van der Waals surface area contributed by atoms with Gasteiger partial charge >= 0.3 is 0 Å². The summed E-state index contributed by atoms with van der Waals surface area (Å²) in [5, 5.41) is 0. The molecule has 2 aliphatic rings. The molecule has 4 unspecified atom stereocenters. The number of carbonyl (C=O) groups is 1. The maximum atomic E-state index is 10.8. The van der Waals surface area contributed by atoms with Gasteiger partial charge in [-0.15, -0.1) is 0 Å². The zero-order valence-corrected chi connectivity index (χ0v) is 8.78. The van der Waals surface area contributed by atoms with Crippen LogP contribution in [0.4, 0.5) is 0 Å². The zero-order valence-electron chi connectivity index (χ0n) is 8.78. The number of hydrogen-bond donors (Lipinski definition) is 1. The predicted octanol–water partition coefficient (Wildman–Crippen LogP) is 2.10. The second-order valence-corrected chi connectivity index (χ2v) is 4.69. The molecule has 14 heavy (non-hydrogen) atoms. The summed E-state index contributed by atoms with van der Waals surface area (Å²) in [7, 11) is 0. The second kappa shape index (κ2) is 3.76. The van der Waals surface area contributed by atoms with Gasteiger partial charge in [0.05, 0.1) is 0 Å². The predicted molar refractivity (Wildman–Crippen MR) is 56.4 cm³/mol. The molecule has 0 aromatic carbocycles. The van der Waals surface area contributed by atoms with Crippen LogP contribution >= 0.6 is 0 Å². The van der Waals surface area contributed by atoms with E-state index in [1.54, 1.807) is 0 Å². The van der Waals surface area contributed by atoms with E-state index in [-0.39, 0.29) is 5.91 Å². The van der Waals surface area contributed by atoms with Crippen molar-refractivity contribution < 1.29 is 4.79 Å². The van der Waals surface area contributed by atoms with Crippen molar-refractivity contribution in [3.8, 4) is 0 Å². The van der Waals surface area contributed by atoms with E-state index in [0.717, 1.165) is 30.1 Å². The number of hydrogen-bond acceptors (Lipinski definition) is 1. The van der Waals surface area contributed by atoms with Gasteiger partial charge in [0.1, 0.15) is 0 Å². The molecule has 2 bridgehead atoms. The SMILES string of the molecule is CCC1C2C=CC(C2)C1CCC(N)=O. The number of amides is 1. The van der Waals surface area contributed by atoms with Crippen LogP contribution in [0.1, 0.15) is 32.6 Å². The van der Waals surface area contributed by atoms with Gasteiger partial charge in [0.15, 0.2) is 0 Å². The molecular formula is C12H19NO. The Kier molecular flexibility index (Phi) is 2.62. The van der Waals surface area contributed by atoms with Gasteiger partial charge in [0, 0.05) is 6.42 Å². The molecule has 0 heterocycles. The van der Waals surface area contributed by atoms with Crippen LogP contribution in [0.15, 0.2) is 12.2 Å². The third kappa shape index (κ3) is 1.58. The van der Waals surface area contributed by atoms with E-state index in [4.69, 9.17) is 5.73 Å². The summed E-state index contributed by atoms with van der Waals surface area (Å²) >= 11 is 0. The summed E-state index contributed by atoms with van der Waals surface area (Å²) < 4.78 is 0. The summed E-state index contributed by atoms with van der Waals surface area (Å²) in [6, 6.07) is 0. The molecule has 78 valence electrons. The maximum absolute atomic E-state index is 10.8. The Balaban J connectivity index is 1.97. The molecular weight excluding hydrogens is 174 g/mol. The lowest BCUT2D eigenvalue weighted by Gasteiger charge is -2.26. The van der Waals surface area contributed by atoms with Gasteiger partial charge < -0.3 is 5.73 Å². The molecule has 4 atom stereocenters. The molecule has 0 aromatic rings. The Morgan fingerprint density at radius 1 is 1.36 bits per heavy atom. The smallest absolute Gasteiger partial charge is 0.217 e. The fourth-order valence-corrected chi connectivity index (χ4v) is 3.37. The van der Waals surface area contributed by atoms with E-state index in [9.17, 15) is 4.79 Å². The highest BCUT2D eigenvalue weighted by Gasteiger charge is 2.42. The lowest BCUT2D eigenvalue weighted by molar-refractivity contribution is -0.118. The number of fused-ring (bicyclic) bond motifs is 2. The second-order valence-electron chi connectivity index (χ2n) is 4.69. The molecule has 1 fully saturated rings. The first-order valence-corrected chi connectivity index (χ1v) is 5.69. The normalized spacial score (nSPS) is 39.2. The van der Waals surface area contributed by atoms with E-state index in [0.29, 0.717) is 6.42 Å². The lowest BCUT2D eigenvalue weighted by Crippen LogP contribution is -2.21. The summed E-state index contributed by atoms with van der Waals surface area (Å²) in [6.07, 6.45) is 8.86. The van der Waals surface area contributed by atoms with Gasteiger partial charge in [-0.1, -0.05) is 25.5 Å². The molecule has 0 radical (unpaired) electrons. The van der Waals surface area contributed by atoms with Crippen molar-refractivity contribution >= 4 is 5.91 Å². The van der Waals surface area contributed by atoms with Gasteiger partial charge in [0.2, 0.25) is 5.91 Å². The van der Waals surface area contributed by atoms with Crippen LogP contribution in [0.3, 0.4) is 0 Å². The standard InChI is InChI=1S/C12H19NO/c1-2-10-8-3-4-9(7-8)11(10)5-6-12(13)14/h3-4,8-11H,2,5-7H2,1H3,(H2,13,14). The van der Waals surface area contributed by atoms with Gasteiger partial charge in [-0.2, -0.15) is 0 Å². The Labute approximate surface area is 85.6 Å². The fourth-order valence-electron chi connectivity index (χ4n) is 3.37. The highest BCUT2D eigenvalue weighted by Crippen LogP contribution is 2.50. The molecule has 2 nitrogen and oxygen atoms in total. The van der Waals surface area contributed by atoms with E-state index in [1.165, 1.54) is 12.8 Å². The third-order valence-electron chi connectivity index (χ3n) is 4.00. The van der Waals surface area contributed by atoms with Crippen LogP contribution in [0.2, 0.25) is 0 Å². The minimum Gasteiger partial charge on any atom is -0.370 e. The summed E-state index contributed by atoms with van der Waals surface area (Å²) in [4.78, 5) is 10.8. The first-order chi connectivity index (χ1) is 6.72. The molecule has 0 aliphatic heterocycles. The molecule has 0 spiro atoms. The summed E-state index contributed by atoms with van der Waals surface area (Å²) in [5.41, 5.74) is 5.20. The average molecular weight is 193 g/mol. The van der Waals surface area contributed by atoms with Crippen LogP contribution < -0.4 is 5.73 Å². The number of nitrogens with two attached hydrogens (primary N) is 1. The zero-order chi connectivity index (χ0) is 10.1. The van der Waals surface area contributed by atoms with Gasteiger partial charge in [-0.05, 0) is 36.5 Å². The molecule has 2 heteroatoms. The van der Waals surface area contributed by atoms with E-state index in [1.807, 2.05) is 0 Å². The minimum absolute atomic E-state index is 0.147. The molecule has 2 N–H and O–H groups in total. The third-order valence-corrected chi connectivity index (χ3v) is 4.00. The molecule has 2 aliphatic carbocycles. The topological polar surface area (TPSA) is 43.1 Å². The summed E-state index contributed by atoms with van der Waals surface area (Å²) in [6.45, 7) is 2.26. The van der Waals surface area contributed by atoms with Crippen molar-refractivity contribution in [3.63, 3.8) is 0 Å². The monoisotopic (exact) mass is 193 g/mol. The van der Waals surface area contributed by atoms with E-state index in [2.05, 4.69) is 19.1 Å². The van der Waals surface area contributed by atoms with E-state index >= 15 is 0 Å². The molecule has 2 rings (SSSR count). The largest absolute Gasteiger partial charge is 0.370 e. The van der Waals surface area contributed by atoms with Crippen molar-refractivity contribution in [1.82, 2.24) is 0 Å². The Morgan fingerprint density at radius 2 is 2.00 bits per heavy atom. The van der Waals surface area contributed by atoms with Gasteiger partial charge in [-0.3, -0.25) is 4.79 Å². The van der Waals surface area contributed by atoms with Crippen LogP contribution in [-0.4, -0.2) is 5.91 Å². The van der Waals surface area contributed by atoms with Crippen molar-refractivity contribution in [2.45, 2.75) is 32.6 Å². The Hall–Kier alpha value is -0.790. The number of carbonyl (C=O) groups excluding carboxylic acids is 1. The van der Waals surface area contributed by atoms with Gasteiger partial charge in [0.25, 0.3) is 0 Å². The average Bonchev–Trinajstić information content (AvgIpc) is 2.72. The van der Waals surface area contributed by atoms with Crippen LogP contribution in [0.5, 0.6) is 0 Å². The highest BCUT2D eigenvalue weighted by molar-refractivity contribution is 5.73. The number of allylic oxidation sites excluding steroid dienone is 2. The molecule has 1 amide bonds. The fraction of sp³-hybridized carbons (Fsp3) is 0.750. The first-order valence-electron chi connectivity index (χ1n) is 5.69. The maximum Gasteiger partial charge on any atom is 0.217 e. The Morgan fingerprint density at radius 3 is 2.57 bits per heavy atom. The van der Waals surface area contributed by atoms with Crippen LogP contribution in [0.25, 0.3) is 0 Å². The molecule has 0 saturated heterocycles. The lowest BCUT2D eigenvalue weighted by atomic mass is 9.79. The van der Waals surface area contributed by atoms with Crippen LogP contribution in [0, 0.1) is 23.7 Å². The molecule has 1 saturated carbocycles. The molecule has 0 aromatic heterocycles. The van der Waals surface area contributed by atoms with Crippen molar-refractivity contribution in [2.75, 3.05) is 0 Å². The van der Waals surface area contributed by atoms with Gasteiger partial charge in [-0.25, -0.2) is 0 Å². The van der Waals surface area contributed by atoms with Crippen LogP contribution in [-0.2, 0) is 4.79 Å².